The Bertz CT molecular complexity index is 188. The van der Waals surface area contributed by atoms with Gasteiger partial charge in [-0.05, 0) is 25.0 Å². The lowest BCUT2D eigenvalue weighted by molar-refractivity contribution is -0.136. The fourth-order valence-corrected chi connectivity index (χ4v) is 2.75. The van der Waals surface area contributed by atoms with E-state index in [2.05, 4.69) is 6.92 Å². The van der Waals surface area contributed by atoms with Gasteiger partial charge in [-0.2, -0.15) is 0 Å². The summed E-state index contributed by atoms with van der Waals surface area (Å²) >= 11 is 1.56. The van der Waals surface area contributed by atoms with Crippen molar-refractivity contribution in [3.05, 3.63) is 0 Å². The van der Waals surface area contributed by atoms with Gasteiger partial charge in [-0.1, -0.05) is 39.0 Å². The Labute approximate surface area is 108 Å². The number of halogens is 1. The van der Waals surface area contributed by atoms with Gasteiger partial charge in [0.15, 0.2) is 0 Å². The van der Waals surface area contributed by atoms with Gasteiger partial charge in [-0.3, -0.25) is 9.18 Å². The molecule has 0 heterocycles. The predicted octanol–water partition coefficient (Wildman–Crippen LogP) is 4.28. The lowest BCUT2D eigenvalue weighted by Crippen LogP contribution is -2.16. The third-order valence-electron chi connectivity index (χ3n) is 2.69. The maximum absolute atomic E-state index is 11.8. The van der Waals surface area contributed by atoms with Gasteiger partial charge < -0.3 is 5.11 Å². The van der Waals surface area contributed by atoms with Gasteiger partial charge >= 0.3 is 5.97 Å². The molecule has 0 aliphatic heterocycles. The summed E-state index contributed by atoms with van der Waals surface area (Å²) in [5.41, 5.74) is 0. The first-order chi connectivity index (χ1) is 8.22. The van der Waals surface area contributed by atoms with E-state index < -0.39 is 5.97 Å². The van der Waals surface area contributed by atoms with Gasteiger partial charge in [-0.15, -0.1) is 11.8 Å². The van der Waals surface area contributed by atoms with E-state index in [0.29, 0.717) is 6.42 Å². The highest BCUT2D eigenvalue weighted by Gasteiger charge is 2.16. The second kappa shape index (κ2) is 12.2. The number of hydrogen-bond acceptors (Lipinski definition) is 2. The third kappa shape index (κ3) is 10.6. The molecule has 0 fully saturated rings. The summed E-state index contributed by atoms with van der Waals surface area (Å²) in [4.78, 5) is 10.9. The van der Waals surface area contributed by atoms with Crippen LogP contribution in [0.15, 0.2) is 0 Å². The van der Waals surface area contributed by atoms with Crippen LogP contribution in [0.5, 0.6) is 0 Å². The van der Waals surface area contributed by atoms with E-state index >= 15 is 0 Å². The Morgan fingerprint density at radius 2 is 1.82 bits per heavy atom. The van der Waals surface area contributed by atoms with E-state index in [0.717, 1.165) is 50.7 Å². The molecular weight excluding hydrogens is 239 g/mol. The van der Waals surface area contributed by atoms with Crippen molar-refractivity contribution in [1.82, 2.24) is 0 Å². The van der Waals surface area contributed by atoms with Gasteiger partial charge in [-0.25, -0.2) is 0 Å². The van der Waals surface area contributed by atoms with E-state index in [-0.39, 0.29) is 11.9 Å². The molecule has 4 heteroatoms. The van der Waals surface area contributed by atoms with Crippen LogP contribution in [-0.2, 0) is 4.79 Å². The zero-order chi connectivity index (χ0) is 12.9. The van der Waals surface area contributed by atoms with Crippen molar-refractivity contribution in [1.29, 1.82) is 0 Å². The van der Waals surface area contributed by atoms with E-state index in [1.54, 1.807) is 11.8 Å². The second-order valence-corrected chi connectivity index (χ2v) is 5.61. The van der Waals surface area contributed by atoms with E-state index in [4.69, 9.17) is 5.11 Å². The first-order valence-corrected chi connectivity index (χ1v) is 7.67. The summed E-state index contributed by atoms with van der Waals surface area (Å²) in [7, 11) is 0. The lowest BCUT2D eigenvalue weighted by atomic mass is 10.2. The van der Waals surface area contributed by atoms with Crippen molar-refractivity contribution < 1.29 is 14.3 Å². The fourth-order valence-electron chi connectivity index (χ4n) is 1.62. The SMILES string of the molecule is CCCCC(SCCCCCCCF)C(=O)O. The minimum atomic E-state index is -0.680. The molecule has 1 unspecified atom stereocenters. The molecule has 0 rings (SSSR count). The van der Waals surface area contributed by atoms with E-state index in [1.807, 2.05) is 0 Å². The highest BCUT2D eigenvalue weighted by atomic mass is 32.2. The largest absolute Gasteiger partial charge is 0.480 e. The molecule has 102 valence electrons. The zero-order valence-electron chi connectivity index (χ0n) is 10.8. The average Bonchev–Trinajstić information content (AvgIpc) is 2.31. The number of unbranched alkanes of at least 4 members (excludes halogenated alkanes) is 5. The van der Waals surface area contributed by atoms with E-state index in [1.165, 1.54) is 0 Å². The molecule has 0 amide bonds. The molecule has 0 saturated carbocycles. The minimum absolute atomic E-state index is 0.215. The maximum Gasteiger partial charge on any atom is 0.316 e. The number of carboxylic acid groups (broad SMARTS) is 1. The van der Waals surface area contributed by atoms with Crippen molar-refractivity contribution in [3.63, 3.8) is 0 Å². The Balaban J connectivity index is 3.44. The smallest absolute Gasteiger partial charge is 0.316 e. The Kier molecular flexibility index (Phi) is 12.0. The Morgan fingerprint density at radius 1 is 1.18 bits per heavy atom. The predicted molar refractivity (Wildman–Crippen MR) is 72.5 cm³/mol. The normalized spacial score (nSPS) is 12.6. The van der Waals surface area contributed by atoms with Gasteiger partial charge in [0.25, 0.3) is 0 Å². The molecule has 17 heavy (non-hydrogen) atoms. The van der Waals surface area contributed by atoms with Gasteiger partial charge in [0, 0.05) is 0 Å². The van der Waals surface area contributed by atoms with Crippen LogP contribution in [-0.4, -0.2) is 28.8 Å². The molecule has 1 N–H and O–H groups in total. The summed E-state index contributed by atoms with van der Waals surface area (Å²) < 4.78 is 11.8. The van der Waals surface area contributed by atoms with Crippen LogP contribution in [0.25, 0.3) is 0 Å². The molecule has 0 aromatic carbocycles. The van der Waals surface area contributed by atoms with E-state index in [9.17, 15) is 9.18 Å². The minimum Gasteiger partial charge on any atom is -0.480 e. The van der Waals surface area contributed by atoms with Crippen LogP contribution < -0.4 is 0 Å². The summed E-state index contributed by atoms with van der Waals surface area (Å²) in [6, 6.07) is 0. The van der Waals surface area contributed by atoms with Gasteiger partial charge in [0.2, 0.25) is 0 Å². The van der Waals surface area contributed by atoms with Crippen molar-refractivity contribution >= 4 is 17.7 Å². The fraction of sp³-hybridized carbons (Fsp3) is 0.923. The van der Waals surface area contributed by atoms with Crippen molar-refractivity contribution in [2.45, 2.75) is 63.5 Å². The summed E-state index contributed by atoms with van der Waals surface area (Å²) in [5, 5.41) is 8.77. The van der Waals surface area contributed by atoms with Crippen molar-refractivity contribution in [2.24, 2.45) is 0 Å². The van der Waals surface area contributed by atoms with Crippen LogP contribution in [0, 0.1) is 0 Å². The molecule has 0 aliphatic carbocycles. The first kappa shape index (κ1) is 16.8. The molecule has 0 radical (unpaired) electrons. The Morgan fingerprint density at radius 3 is 2.41 bits per heavy atom. The molecule has 0 saturated heterocycles. The number of hydrogen-bond donors (Lipinski definition) is 1. The summed E-state index contributed by atoms with van der Waals surface area (Å²) in [6.45, 7) is 1.86. The van der Waals surface area contributed by atoms with Crippen LogP contribution in [0.2, 0.25) is 0 Å². The molecule has 0 spiro atoms. The van der Waals surface area contributed by atoms with Gasteiger partial charge in [0.1, 0.15) is 5.25 Å². The van der Waals surface area contributed by atoms with Crippen molar-refractivity contribution in [2.75, 3.05) is 12.4 Å². The number of aliphatic carboxylic acids is 1. The van der Waals surface area contributed by atoms with Crippen LogP contribution in [0.3, 0.4) is 0 Å². The molecule has 0 bridgehead atoms. The molecule has 2 nitrogen and oxygen atoms in total. The number of alkyl halides is 1. The number of carbonyl (C=O) groups is 1. The molecule has 0 aromatic heterocycles. The number of thioether (sulfide) groups is 1. The van der Waals surface area contributed by atoms with Crippen LogP contribution >= 0.6 is 11.8 Å². The maximum atomic E-state index is 11.8. The number of rotatable bonds is 12. The first-order valence-electron chi connectivity index (χ1n) is 6.62. The summed E-state index contributed by atoms with van der Waals surface area (Å²) in [5.74, 6) is 0.233. The van der Waals surface area contributed by atoms with Crippen molar-refractivity contribution in [3.8, 4) is 0 Å². The quantitative estimate of drug-likeness (QED) is 0.534. The topological polar surface area (TPSA) is 37.3 Å². The molecule has 0 aliphatic rings. The zero-order valence-corrected chi connectivity index (χ0v) is 11.6. The van der Waals surface area contributed by atoms with Crippen LogP contribution in [0.1, 0.15) is 58.3 Å². The molecule has 1 atom stereocenters. The Hall–Kier alpha value is -0.250. The van der Waals surface area contributed by atoms with Crippen LogP contribution in [0.4, 0.5) is 4.39 Å². The lowest BCUT2D eigenvalue weighted by Gasteiger charge is -2.11. The molecule has 0 aromatic rings. The monoisotopic (exact) mass is 264 g/mol. The average molecular weight is 264 g/mol. The standard InChI is InChI=1S/C13H25FO2S/c1-2-3-9-12(13(15)16)17-11-8-6-4-5-7-10-14/h12H,2-11H2,1H3,(H,15,16). The second-order valence-electron chi connectivity index (χ2n) is 4.30. The third-order valence-corrected chi connectivity index (χ3v) is 4.06. The highest BCUT2D eigenvalue weighted by molar-refractivity contribution is 8.00. The molecular formula is C13H25FO2S. The highest BCUT2D eigenvalue weighted by Crippen LogP contribution is 2.19. The number of carboxylic acids is 1. The summed E-state index contributed by atoms with van der Waals surface area (Å²) in [6.07, 6.45) is 7.64. The van der Waals surface area contributed by atoms with Gasteiger partial charge in [0.05, 0.1) is 6.67 Å².